The maximum absolute atomic E-state index is 10.7. The van der Waals surface area contributed by atoms with Gasteiger partial charge in [0.1, 0.15) is 5.69 Å². The monoisotopic (exact) mass is 273 g/mol. The van der Waals surface area contributed by atoms with Crippen molar-refractivity contribution in [3.8, 4) is 0 Å². The van der Waals surface area contributed by atoms with Crippen molar-refractivity contribution in [2.75, 3.05) is 0 Å². The molecule has 0 atom stereocenters. The van der Waals surface area contributed by atoms with E-state index in [1.807, 2.05) is 6.92 Å². The van der Waals surface area contributed by atoms with Crippen molar-refractivity contribution < 1.29 is 4.79 Å². The molecule has 0 radical (unpaired) electrons. The molecular formula is C11H6Cl3NO. The van der Waals surface area contributed by atoms with Crippen LogP contribution in [0.4, 0.5) is 0 Å². The van der Waals surface area contributed by atoms with E-state index in [0.717, 1.165) is 5.56 Å². The fourth-order valence-corrected chi connectivity index (χ4v) is 2.37. The van der Waals surface area contributed by atoms with Gasteiger partial charge in [-0.2, -0.15) is 0 Å². The molecule has 82 valence electrons. The largest absolute Gasteiger partial charge is 0.296 e. The number of carbonyl (C=O) groups is 1. The van der Waals surface area contributed by atoms with Crippen LogP contribution < -0.4 is 0 Å². The number of fused-ring (bicyclic) bond motifs is 1. The highest BCUT2D eigenvalue weighted by Crippen LogP contribution is 2.36. The molecule has 1 heterocycles. The van der Waals surface area contributed by atoms with Crippen molar-refractivity contribution in [3.63, 3.8) is 0 Å². The van der Waals surface area contributed by atoms with Crippen LogP contribution in [0.2, 0.25) is 15.1 Å². The summed E-state index contributed by atoms with van der Waals surface area (Å²) in [7, 11) is 0. The van der Waals surface area contributed by atoms with E-state index in [1.54, 1.807) is 6.07 Å². The molecule has 2 rings (SSSR count). The number of hydrogen-bond donors (Lipinski definition) is 0. The van der Waals surface area contributed by atoms with E-state index in [0.29, 0.717) is 38.0 Å². The number of aldehydes is 1. The molecule has 0 bridgehead atoms. The van der Waals surface area contributed by atoms with Gasteiger partial charge < -0.3 is 0 Å². The van der Waals surface area contributed by atoms with Crippen molar-refractivity contribution in [2.24, 2.45) is 0 Å². The van der Waals surface area contributed by atoms with Gasteiger partial charge in [-0.1, -0.05) is 34.8 Å². The average Bonchev–Trinajstić information content (AvgIpc) is 2.25. The predicted molar refractivity (Wildman–Crippen MR) is 66.9 cm³/mol. The molecule has 0 saturated heterocycles. The quantitative estimate of drug-likeness (QED) is 0.573. The van der Waals surface area contributed by atoms with Crippen molar-refractivity contribution in [1.29, 1.82) is 0 Å². The SMILES string of the molecule is Cc1cc(C=O)nc2c(Cl)cc(Cl)c(Cl)c12. The molecule has 0 fully saturated rings. The lowest BCUT2D eigenvalue weighted by Crippen LogP contribution is -1.93. The maximum atomic E-state index is 10.7. The Morgan fingerprint density at radius 3 is 2.50 bits per heavy atom. The number of aryl methyl sites for hydroxylation is 1. The normalized spacial score (nSPS) is 10.8. The summed E-state index contributed by atoms with van der Waals surface area (Å²) >= 11 is 18.0. The molecule has 16 heavy (non-hydrogen) atoms. The van der Waals surface area contributed by atoms with Crippen LogP contribution >= 0.6 is 34.8 Å². The fraction of sp³-hybridized carbons (Fsp3) is 0.0909. The van der Waals surface area contributed by atoms with Crippen LogP contribution in [-0.2, 0) is 0 Å². The molecule has 0 saturated carbocycles. The van der Waals surface area contributed by atoms with Gasteiger partial charge in [0.05, 0.1) is 20.6 Å². The highest BCUT2D eigenvalue weighted by molar-refractivity contribution is 6.47. The summed E-state index contributed by atoms with van der Waals surface area (Å²) < 4.78 is 0. The summed E-state index contributed by atoms with van der Waals surface area (Å²) in [6, 6.07) is 3.17. The zero-order chi connectivity index (χ0) is 11.9. The lowest BCUT2D eigenvalue weighted by Gasteiger charge is -2.08. The van der Waals surface area contributed by atoms with Gasteiger partial charge in [-0.3, -0.25) is 4.79 Å². The molecule has 2 nitrogen and oxygen atoms in total. The van der Waals surface area contributed by atoms with Gasteiger partial charge in [-0.25, -0.2) is 4.98 Å². The standard InChI is InChI=1S/C11H6Cl3NO/c1-5-2-6(4-16)15-11-8(13)3-7(12)10(14)9(5)11/h2-4H,1H3. The van der Waals surface area contributed by atoms with Crippen LogP contribution in [0.5, 0.6) is 0 Å². The molecule has 2 aromatic rings. The number of aromatic nitrogens is 1. The summed E-state index contributed by atoms with van der Waals surface area (Å²) in [6.07, 6.45) is 0.672. The smallest absolute Gasteiger partial charge is 0.168 e. The Bertz CT molecular complexity index is 596. The van der Waals surface area contributed by atoms with Gasteiger partial charge in [0.25, 0.3) is 0 Å². The third-order valence-corrected chi connectivity index (χ3v) is 3.34. The number of nitrogens with zero attached hydrogens (tertiary/aromatic N) is 1. The maximum Gasteiger partial charge on any atom is 0.168 e. The first kappa shape index (κ1) is 11.6. The molecule has 5 heteroatoms. The minimum Gasteiger partial charge on any atom is -0.296 e. The average molecular weight is 275 g/mol. The van der Waals surface area contributed by atoms with Gasteiger partial charge in [-0.05, 0) is 24.6 Å². The zero-order valence-corrected chi connectivity index (χ0v) is 10.5. The molecule has 0 spiro atoms. The fourth-order valence-electron chi connectivity index (χ4n) is 1.57. The number of carbonyl (C=O) groups excluding carboxylic acids is 1. The van der Waals surface area contributed by atoms with E-state index in [4.69, 9.17) is 34.8 Å². The van der Waals surface area contributed by atoms with E-state index < -0.39 is 0 Å². The Labute approximate surface area is 107 Å². The number of hydrogen-bond acceptors (Lipinski definition) is 2. The highest BCUT2D eigenvalue weighted by Gasteiger charge is 2.12. The first-order valence-electron chi connectivity index (χ1n) is 4.44. The molecule has 0 unspecified atom stereocenters. The van der Waals surface area contributed by atoms with Crippen LogP contribution in [0.3, 0.4) is 0 Å². The van der Waals surface area contributed by atoms with E-state index in [9.17, 15) is 4.79 Å². The summed E-state index contributed by atoms with van der Waals surface area (Å²) in [5.74, 6) is 0. The Morgan fingerprint density at radius 1 is 1.19 bits per heavy atom. The molecule has 1 aromatic carbocycles. The Balaban J connectivity index is 2.99. The predicted octanol–water partition coefficient (Wildman–Crippen LogP) is 4.32. The number of pyridine rings is 1. The molecule has 0 aliphatic rings. The third kappa shape index (κ3) is 1.77. The lowest BCUT2D eigenvalue weighted by atomic mass is 10.1. The van der Waals surface area contributed by atoms with Crippen LogP contribution in [0.25, 0.3) is 10.9 Å². The highest BCUT2D eigenvalue weighted by atomic mass is 35.5. The topological polar surface area (TPSA) is 30.0 Å². The number of halogens is 3. The molecule has 0 amide bonds. The Hall–Kier alpha value is -0.830. The minimum atomic E-state index is 0.324. The van der Waals surface area contributed by atoms with E-state index in [2.05, 4.69) is 4.98 Å². The van der Waals surface area contributed by atoms with Gasteiger partial charge in [0.2, 0.25) is 0 Å². The molecule has 0 aliphatic carbocycles. The summed E-state index contributed by atoms with van der Waals surface area (Å²) in [4.78, 5) is 14.8. The second kappa shape index (κ2) is 4.21. The second-order valence-corrected chi connectivity index (χ2v) is 4.55. The van der Waals surface area contributed by atoms with Crippen molar-refractivity contribution in [2.45, 2.75) is 6.92 Å². The zero-order valence-electron chi connectivity index (χ0n) is 8.22. The summed E-state index contributed by atoms with van der Waals surface area (Å²) in [6.45, 7) is 1.83. The molecule has 0 aliphatic heterocycles. The van der Waals surface area contributed by atoms with Gasteiger partial charge in [-0.15, -0.1) is 0 Å². The number of benzene rings is 1. The van der Waals surface area contributed by atoms with Gasteiger partial charge in [0.15, 0.2) is 6.29 Å². The summed E-state index contributed by atoms with van der Waals surface area (Å²) in [5.41, 5.74) is 1.64. The molecule has 0 N–H and O–H groups in total. The number of rotatable bonds is 1. The minimum absolute atomic E-state index is 0.324. The Kier molecular flexibility index (Phi) is 3.06. The molecule has 1 aromatic heterocycles. The van der Waals surface area contributed by atoms with Gasteiger partial charge in [0, 0.05) is 5.39 Å². The van der Waals surface area contributed by atoms with E-state index >= 15 is 0 Å². The van der Waals surface area contributed by atoms with Crippen LogP contribution in [0, 0.1) is 6.92 Å². The van der Waals surface area contributed by atoms with Crippen molar-refractivity contribution in [3.05, 3.63) is 38.5 Å². The van der Waals surface area contributed by atoms with Crippen LogP contribution in [0.15, 0.2) is 12.1 Å². The van der Waals surface area contributed by atoms with Crippen molar-refractivity contribution in [1.82, 2.24) is 4.98 Å². The molecular weight excluding hydrogens is 268 g/mol. The van der Waals surface area contributed by atoms with Crippen LogP contribution in [-0.4, -0.2) is 11.3 Å². The second-order valence-electron chi connectivity index (χ2n) is 3.36. The first-order chi connectivity index (χ1) is 7.54. The lowest BCUT2D eigenvalue weighted by molar-refractivity contribution is 0.111. The first-order valence-corrected chi connectivity index (χ1v) is 5.58. The van der Waals surface area contributed by atoms with E-state index in [-0.39, 0.29) is 0 Å². The van der Waals surface area contributed by atoms with E-state index in [1.165, 1.54) is 6.07 Å². The van der Waals surface area contributed by atoms with Gasteiger partial charge >= 0.3 is 0 Å². The third-order valence-electron chi connectivity index (χ3n) is 2.27. The van der Waals surface area contributed by atoms with Crippen LogP contribution in [0.1, 0.15) is 16.1 Å². The Morgan fingerprint density at radius 2 is 1.88 bits per heavy atom. The van der Waals surface area contributed by atoms with Crippen molar-refractivity contribution >= 4 is 52.0 Å². The summed E-state index contributed by atoms with van der Waals surface area (Å²) in [5, 5.41) is 1.85.